The highest BCUT2D eigenvalue weighted by Gasteiger charge is 2.65. The third-order valence-electron chi connectivity index (χ3n) is 9.01. The van der Waals surface area contributed by atoms with E-state index in [4.69, 9.17) is 4.74 Å². The third kappa shape index (κ3) is 5.49. The highest BCUT2D eigenvalue weighted by atomic mass is 16.5. The lowest BCUT2D eigenvalue weighted by atomic mass is 9.69. The van der Waals surface area contributed by atoms with E-state index in [1.54, 1.807) is 12.1 Å². The Morgan fingerprint density at radius 3 is 2.24 bits per heavy atom. The fourth-order valence-corrected chi connectivity index (χ4v) is 6.71. The Morgan fingerprint density at radius 2 is 1.73 bits per heavy atom. The van der Waals surface area contributed by atoms with E-state index in [-0.39, 0.29) is 22.9 Å². The van der Waals surface area contributed by atoms with Gasteiger partial charge < -0.3 is 9.84 Å². The van der Waals surface area contributed by atoms with Crippen LogP contribution in [0.4, 0.5) is 0 Å². The van der Waals surface area contributed by atoms with Crippen LogP contribution in [0.15, 0.2) is 24.3 Å². The molecule has 0 radical (unpaired) electrons. The summed E-state index contributed by atoms with van der Waals surface area (Å²) in [5, 5.41) is 9.45. The Kier molecular flexibility index (Phi) is 8.15. The van der Waals surface area contributed by atoms with Gasteiger partial charge in [0.15, 0.2) is 0 Å². The van der Waals surface area contributed by atoms with Gasteiger partial charge in [-0.05, 0) is 60.6 Å². The molecule has 1 amide bonds. The molecule has 3 aliphatic rings. The van der Waals surface area contributed by atoms with Crippen LogP contribution in [-0.2, 0) is 9.53 Å². The fourth-order valence-electron chi connectivity index (χ4n) is 6.71. The minimum atomic E-state index is -0.934. The summed E-state index contributed by atoms with van der Waals surface area (Å²) in [7, 11) is 0. The first-order valence-electron chi connectivity index (χ1n) is 14.0. The van der Waals surface area contributed by atoms with Gasteiger partial charge in [-0.25, -0.2) is 9.69 Å². The van der Waals surface area contributed by atoms with E-state index >= 15 is 0 Å². The van der Waals surface area contributed by atoms with Crippen molar-refractivity contribution in [3.8, 4) is 0 Å². The maximum Gasteiger partial charge on any atom is 0.335 e. The van der Waals surface area contributed by atoms with Crippen LogP contribution < -0.4 is 0 Å². The van der Waals surface area contributed by atoms with Crippen LogP contribution in [0.25, 0.3) is 0 Å². The number of aromatic carboxylic acids is 1. The summed E-state index contributed by atoms with van der Waals surface area (Å²) in [5.74, 6) is 0.296. The van der Waals surface area contributed by atoms with Gasteiger partial charge in [0.05, 0.1) is 24.8 Å². The zero-order valence-electron chi connectivity index (χ0n) is 23.4. The quantitative estimate of drug-likeness (QED) is 0.520. The standard InChI is InChI=1S/C30H45N3O4/c1-21(2)7-12-25(22-8-10-23(11-9-22)28(35)36)33-27(34)26(32-17-19-37-20-18-32)31(6)30(33)15-13-24(14-16-30)29(3,4)5/h8-11,21,24-26H,6-7,12-20H2,1-5H3/p+1. The molecule has 1 saturated carbocycles. The maximum absolute atomic E-state index is 14.5. The fraction of sp³-hybridized carbons (Fsp3) is 0.700. The molecule has 204 valence electrons. The molecule has 7 nitrogen and oxygen atoms in total. The Morgan fingerprint density at radius 1 is 1.14 bits per heavy atom. The van der Waals surface area contributed by atoms with Crippen molar-refractivity contribution in [1.82, 2.24) is 9.80 Å². The third-order valence-corrected chi connectivity index (χ3v) is 9.01. The monoisotopic (exact) mass is 512 g/mol. The largest absolute Gasteiger partial charge is 0.478 e. The minimum Gasteiger partial charge on any atom is -0.478 e. The molecule has 1 spiro atoms. The number of carbonyl (C=O) groups excluding carboxylic acids is 1. The van der Waals surface area contributed by atoms with Gasteiger partial charge in [0.1, 0.15) is 6.72 Å². The Bertz CT molecular complexity index is 983. The van der Waals surface area contributed by atoms with E-state index in [2.05, 4.69) is 55.7 Å². The molecule has 37 heavy (non-hydrogen) atoms. The van der Waals surface area contributed by atoms with Gasteiger partial charge in [-0.1, -0.05) is 46.8 Å². The molecule has 2 atom stereocenters. The average molecular weight is 513 g/mol. The topological polar surface area (TPSA) is 73.1 Å². The Labute approximate surface area is 222 Å². The van der Waals surface area contributed by atoms with Crippen LogP contribution in [-0.4, -0.2) is 76.2 Å². The van der Waals surface area contributed by atoms with Crippen molar-refractivity contribution in [3.05, 3.63) is 35.4 Å². The zero-order valence-corrected chi connectivity index (χ0v) is 23.4. The van der Waals surface area contributed by atoms with Gasteiger partial charge in [0.2, 0.25) is 5.66 Å². The highest BCUT2D eigenvalue weighted by molar-refractivity contribution is 5.87. The van der Waals surface area contributed by atoms with Crippen LogP contribution >= 0.6 is 0 Å². The number of carboxylic acids is 1. The lowest BCUT2D eigenvalue weighted by Crippen LogP contribution is -2.55. The summed E-state index contributed by atoms with van der Waals surface area (Å²) in [4.78, 5) is 30.4. The number of rotatable bonds is 7. The highest BCUT2D eigenvalue weighted by Crippen LogP contribution is 2.50. The predicted octanol–water partition coefficient (Wildman–Crippen LogP) is 5.01. The number of nitrogens with zero attached hydrogens (tertiary/aromatic N) is 3. The number of hydrogen-bond donors (Lipinski definition) is 1. The van der Waals surface area contributed by atoms with E-state index in [1.807, 2.05) is 12.1 Å². The smallest absolute Gasteiger partial charge is 0.335 e. The molecule has 1 aliphatic carbocycles. The summed E-state index contributed by atoms with van der Waals surface area (Å²) >= 11 is 0. The van der Waals surface area contributed by atoms with Gasteiger partial charge in [0, 0.05) is 25.9 Å². The van der Waals surface area contributed by atoms with Crippen LogP contribution in [0.2, 0.25) is 0 Å². The number of hydrogen-bond acceptors (Lipinski definition) is 4. The van der Waals surface area contributed by atoms with Gasteiger partial charge in [-0.3, -0.25) is 9.69 Å². The molecule has 2 heterocycles. The van der Waals surface area contributed by atoms with E-state index in [0.29, 0.717) is 25.0 Å². The Hall–Kier alpha value is -2.25. The van der Waals surface area contributed by atoms with Crippen molar-refractivity contribution < 1.29 is 24.0 Å². The van der Waals surface area contributed by atoms with Crippen LogP contribution in [0.5, 0.6) is 0 Å². The maximum atomic E-state index is 14.5. The molecule has 4 rings (SSSR count). The lowest BCUT2D eigenvalue weighted by Gasteiger charge is -2.45. The molecule has 2 saturated heterocycles. The normalized spacial score (nSPS) is 28.3. The second-order valence-electron chi connectivity index (χ2n) is 12.7. The number of ether oxygens (including phenoxy) is 1. The molecule has 1 N–H and O–H groups in total. The van der Waals surface area contributed by atoms with Gasteiger partial charge >= 0.3 is 11.9 Å². The molecule has 1 aromatic carbocycles. The molecule has 1 aromatic rings. The first kappa shape index (κ1) is 27.8. The summed E-state index contributed by atoms with van der Waals surface area (Å²) in [6.45, 7) is 18.7. The minimum absolute atomic E-state index is 0.126. The predicted molar refractivity (Wildman–Crippen MR) is 145 cm³/mol. The second-order valence-corrected chi connectivity index (χ2v) is 12.7. The molecular formula is C30H46N3O4+. The SMILES string of the molecule is C=[N+]1C(N2CCOCC2)C(=O)N(C(CCC(C)C)c2ccc(C(=O)O)cc2)C12CCC(C(C)(C)C)CC2. The number of amides is 1. The molecule has 0 bridgehead atoms. The first-order valence-corrected chi connectivity index (χ1v) is 14.0. The van der Waals surface area contributed by atoms with Gasteiger partial charge in [-0.15, -0.1) is 0 Å². The summed E-state index contributed by atoms with van der Waals surface area (Å²) in [6.07, 6.45) is 5.34. The molecule has 0 aromatic heterocycles. The van der Waals surface area contributed by atoms with Crippen LogP contribution in [0, 0.1) is 17.3 Å². The first-order chi connectivity index (χ1) is 17.5. The number of benzene rings is 1. The second kappa shape index (κ2) is 10.9. The Balaban J connectivity index is 1.76. The van der Waals surface area contributed by atoms with E-state index in [1.165, 1.54) is 0 Å². The summed E-state index contributed by atoms with van der Waals surface area (Å²) in [6, 6.07) is 7.03. The number of carboxylic acid groups (broad SMARTS) is 1. The van der Waals surface area contributed by atoms with Crippen molar-refractivity contribution in [3.63, 3.8) is 0 Å². The number of carbonyl (C=O) groups is 2. The van der Waals surface area contributed by atoms with Crippen molar-refractivity contribution in [2.75, 3.05) is 26.3 Å². The summed E-state index contributed by atoms with van der Waals surface area (Å²) < 4.78 is 7.74. The number of morpholine rings is 1. The lowest BCUT2D eigenvalue weighted by molar-refractivity contribution is -0.646. The van der Waals surface area contributed by atoms with Crippen LogP contribution in [0.3, 0.4) is 0 Å². The average Bonchev–Trinajstić information content (AvgIpc) is 3.06. The van der Waals surface area contributed by atoms with Gasteiger partial charge in [-0.2, -0.15) is 4.58 Å². The van der Waals surface area contributed by atoms with E-state index < -0.39 is 17.8 Å². The van der Waals surface area contributed by atoms with Crippen LogP contribution in [0.1, 0.15) is 95.1 Å². The van der Waals surface area contributed by atoms with E-state index in [9.17, 15) is 14.7 Å². The van der Waals surface area contributed by atoms with Crippen molar-refractivity contribution in [2.24, 2.45) is 17.3 Å². The molecule has 7 heteroatoms. The molecule has 2 aliphatic heterocycles. The van der Waals surface area contributed by atoms with Crippen molar-refractivity contribution >= 4 is 18.6 Å². The van der Waals surface area contributed by atoms with E-state index in [0.717, 1.165) is 57.2 Å². The molecule has 2 unspecified atom stereocenters. The molecule has 3 fully saturated rings. The van der Waals surface area contributed by atoms with Gasteiger partial charge in [0.25, 0.3) is 6.17 Å². The van der Waals surface area contributed by atoms with Crippen molar-refractivity contribution in [1.29, 1.82) is 0 Å². The van der Waals surface area contributed by atoms with Crippen molar-refractivity contribution in [2.45, 2.75) is 91.0 Å². The molecular weight excluding hydrogens is 466 g/mol. The summed E-state index contributed by atoms with van der Waals surface area (Å²) in [5.41, 5.74) is 1.06. The zero-order chi connectivity index (χ0) is 27.0.